The van der Waals surface area contributed by atoms with Crippen LogP contribution in [0.5, 0.6) is 0 Å². The highest BCUT2D eigenvalue weighted by molar-refractivity contribution is 7.14. The molecular formula is C34H19NO2S. The van der Waals surface area contributed by atoms with Crippen LogP contribution >= 0.6 is 11.3 Å². The molecule has 8 rings (SSSR count). The van der Waals surface area contributed by atoms with Crippen molar-refractivity contribution in [3.63, 3.8) is 0 Å². The van der Waals surface area contributed by atoms with Gasteiger partial charge in [-0.3, -0.25) is 4.79 Å². The van der Waals surface area contributed by atoms with Crippen molar-refractivity contribution in [3.05, 3.63) is 107 Å². The number of rotatable bonds is 2. The van der Waals surface area contributed by atoms with E-state index in [2.05, 4.69) is 65.3 Å². The van der Waals surface area contributed by atoms with Crippen molar-refractivity contribution in [2.45, 2.75) is 6.92 Å². The van der Waals surface area contributed by atoms with E-state index in [1.807, 2.05) is 36.4 Å². The minimum absolute atomic E-state index is 0.0926. The van der Waals surface area contributed by atoms with Crippen LogP contribution in [0.25, 0.3) is 66.1 Å². The number of hydrogen-bond donors (Lipinski definition) is 0. The number of aryl methyl sites for hydroxylation is 1. The Labute approximate surface area is 222 Å². The van der Waals surface area contributed by atoms with Gasteiger partial charge < -0.3 is 8.98 Å². The standard InChI is InChI=1S/C34H19NO2S/c1-3-4-14-29-19(2)23-16-24-22-12-8-9-13-26(22)35(27(24)17-30(23)37-29)28-18-38-34-25-15-20-10-6-5-7-11-21(20)31(25)33(36)32(28)34/h1,4-18H,2H3/b14-4-. The van der Waals surface area contributed by atoms with E-state index in [9.17, 15) is 4.79 Å². The Balaban J connectivity index is 1.43. The third-order valence-corrected chi connectivity index (χ3v) is 8.72. The van der Waals surface area contributed by atoms with Crippen LogP contribution in [0, 0.1) is 19.3 Å². The highest BCUT2D eigenvalue weighted by Gasteiger charge is 2.36. The lowest BCUT2D eigenvalue weighted by molar-refractivity contribution is 0.104. The summed E-state index contributed by atoms with van der Waals surface area (Å²) in [5, 5.41) is 5.44. The molecule has 0 saturated heterocycles. The molecule has 0 aliphatic heterocycles. The number of aromatic nitrogens is 1. The highest BCUT2D eigenvalue weighted by atomic mass is 32.1. The van der Waals surface area contributed by atoms with Gasteiger partial charge in [0.25, 0.3) is 0 Å². The number of fused-ring (bicyclic) bond motifs is 9. The number of thiophene rings is 1. The van der Waals surface area contributed by atoms with Crippen LogP contribution in [0.2, 0.25) is 0 Å². The minimum Gasteiger partial charge on any atom is -0.456 e. The zero-order valence-electron chi connectivity index (χ0n) is 20.4. The molecule has 3 heterocycles. The first-order valence-corrected chi connectivity index (χ1v) is 13.3. The Kier molecular flexibility index (Phi) is 4.24. The van der Waals surface area contributed by atoms with E-state index in [4.69, 9.17) is 10.8 Å². The molecule has 0 unspecified atom stereocenters. The van der Waals surface area contributed by atoms with Crippen molar-refractivity contribution >= 4 is 56.0 Å². The molecule has 0 spiro atoms. The van der Waals surface area contributed by atoms with Gasteiger partial charge in [-0.15, -0.1) is 17.8 Å². The van der Waals surface area contributed by atoms with Gasteiger partial charge in [0.05, 0.1) is 22.3 Å². The number of para-hydroxylation sites is 1. The van der Waals surface area contributed by atoms with Gasteiger partial charge in [0, 0.05) is 49.2 Å². The van der Waals surface area contributed by atoms with Crippen molar-refractivity contribution in [1.29, 1.82) is 0 Å². The molecule has 0 atom stereocenters. The fraction of sp³-hybridized carbons (Fsp3) is 0.0294. The molecule has 178 valence electrons. The van der Waals surface area contributed by atoms with E-state index >= 15 is 0 Å². The second-order valence-corrected chi connectivity index (χ2v) is 10.6. The van der Waals surface area contributed by atoms with Crippen molar-refractivity contribution in [2.75, 3.05) is 0 Å². The van der Waals surface area contributed by atoms with E-state index in [0.29, 0.717) is 0 Å². The highest BCUT2D eigenvalue weighted by Crippen LogP contribution is 2.51. The Bertz CT molecular complexity index is 2180. The monoisotopic (exact) mass is 505 g/mol. The quantitative estimate of drug-likeness (QED) is 0.220. The van der Waals surface area contributed by atoms with Crippen LogP contribution in [-0.4, -0.2) is 10.4 Å². The summed E-state index contributed by atoms with van der Waals surface area (Å²) in [5.41, 5.74) is 9.58. The summed E-state index contributed by atoms with van der Waals surface area (Å²) in [4.78, 5) is 15.1. The molecular weight excluding hydrogens is 486 g/mol. The molecule has 3 nitrogen and oxygen atoms in total. The van der Waals surface area contributed by atoms with Crippen LogP contribution in [0.15, 0.2) is 88.7 Å². The number of terminal acetylenes is 1. The molecule has 2 aromatic carbocycles. The molecule has 0 amide bonds. The number of hydrogen-bond acceptors (Lipinski definition) is 3. The van der Waals surface area contributed by atoms with E-state index in [0.717, 1.165) is 82.5 Å². The predicted molar refractivity (Wildman–Crippen MR) is 157 cm³/mol. The maximum absolute atomic E-state index is 14.0. The van der Waals surface area contributed by atoms with Crippen LogP contribution < -0.4 is 0 Å². The Morgan fingerprint density at radius 2 is 1.74 bits per heavy atom. The summed E-state index contributed by atoms with van der Waals surface area (Å²) in [6.07, 6.45) is 8.92. The third kappa shape index (κ3) is 2.66. The van der Waals surface area contributed by atoms with Crippen LogP contribution in [0.3, 0.4) is 0 Å². The maximum atomic E-state index is 14.0. The third-order valence-electron chi connectivity index (χ3n) is 7.72. The van der Waals surface area contributed by atoms with Gasteiger partial charge >= 0.3 is 0 Å². The van der Waals surface area contributed by atoms with Gasteiger partial charge in [-0.2, -0.15) is 0 Å². The molecule has 0 fully saturated rings. The Morgan fingerprint density at radius 3 is 2.63 bits per heavy atom. The lowest BCUT2D eigenvalue weighted by Gasteiger charge is -2.08. The zero-order chi connectivity index (χ0) is 25.5. The number of benzene rings is 2. The molecule has 38 heavy (non-hydrogen) atoms. The lowest BCUT2D eigenvalue weighted by atomic mass is 10.0. The SMILES string of the molecule is C#C/C=C\c1oc2cc3c(cc2c1C)c1ccccc1n3-c1csc2c1C(=O)c1c3cccccc-3cc1-2. The van der Waals surface area contributed by atoms with Crippen molar-refractivity contribution in [2.24, 2.45) is 0 Å². The van der Waals surface area contributed by atoms with Crippen molar-refractivity contribution in [3.8, 4) is 39.6 Å². The number of ketones is 1. The first kappa shape index (κ1) is 21.3. The van der Waals surface area contributed by atoms with E-state index in [1.165, 1.54) is 0 Å². The number of nitrogens with zero attached hydrogens (tertiary/aromatic N) is 1. The van der Waals surface area contributed by atoms with Gasteiger partial charge in [0.15, 0.2) is 5.78 Å². The number of carbonyl (C=O) groups is 1. The van der Waals surface area contributed by atoms with Gasteiger partial charge in [0.2, 0.25) is 0 Å². The van der Waals surface area contributed by atoms with Crippen LogP contribution in [-0.2, 0) is 0 Å². The molecule has 3 aliphatic rings. The summed E-state index contributed by atoms with van der Waals surface area (Å²) in [6.45, 7) is 2.05. The summed E-state index contributed by atoms with van der Waals surface area (Å²) >= 11 is 1.64. The topological polar surface area (TPSA) is 35.1 Å². The van der Waals surface area contributed by atoms with Gasteiger partial charge in [-0.05, 0) is 48.4 Å². The second kappa shape index (κ2) is 7.58. The Hall–Kier alpha value is -4.85. The largest absolute Gasteiger partial charge is 0.456 e. The summed E-state index contributed by atoms with van der Waals surface area (Å²) in [7, 11) is 0. The molecule has 0 bridgehead atoms. The maximum Gasteiger partial charge on any atom is 0.197 e. The van der Waals surface area contributed by atoms with E-state index < -0.39 is 0 Å². The first-order chi connectivity index (χ1) is 18.7. The fourth-order valence-corrected chi connectivity index (χ4v) is 7.07. The minimum atomic E-state index is 0.0926. The molecule has 4 heteroatoms. The van der Waals surface area contributed by atoms with E-state index in [-0.39, 0.29) is 5.78 Å². The first-order valence-electron chi connectivity index (χ1n) is 12.4. The van der Waals surface area contributed by atoms with Crippen LogP contribution in [0.1, 0.15) is 27.2 Å². The number of allylic oxidation sites excluding steroid dienone is 1. The molecule has 0 radical (unpaired) electrons. The smallest absolute Gasteiger partial charge is 0.197 e. The average molecular weight is 506 g/mol. The molecule has 3 aromatic heterocycles. The second-order valence-electron chi connectivity index (χ2n) is 9.68. The summed E-state index contributed by atoms with van der Waals surface area (Å²) in [6, 6.07) is 25.0. The predicted octanol–water partition coefficient (Wildman–Crippen LogP) is 8.86. The number of furan rings is 1. The summed E-state index contributed by atoms with van der Waals surface area (Å²) in [5.74, 6) is 3.39. The average Bonchev–Trinajstić information content (AvgIpc) is 3.68. The fourth-order valence-electron chi connectivity index (χ4n) is 6.01. The number of carbonyl (C=O) groups excluding carboxylic acids is 1. The van der Waals surface area contributed by atoms with Crippen LogP contribution in [0.4, 0.5) is 0 Å². The van der Waals surface area contributed by atoms with Crippen molar-refractivity contribution in [1.82, 2.24) is 4.57 Å². The summed E-state index contributed by atoms with van der Waals surface area (Å²) < 4.78 is 8.45. The zero-order valence-corrected chi connectivity index (χ0v) is 21.2. The van der Waals surface area contributed by atoms with E-state index in [1.54, 1.807) is 17.4 Å². The van der Waals surface area contributed by atoms with Gasteiger partial charge in [-0.25, -0.2) is 0 Å². The van der Waals surface area contributed by atoms with Gasteiger partial charge in [-0.1, -0.05) is 54.5 Å². The van der Waals surface area contributed by atoms with Gasteiger partial charge in [0.1, 0.15) is 11.3 Å². The molecule has 3 aliphatic carbocycles. The molecule has 0 saturated carbocycles. The lowest BCUT2D eigenvalue weighted by Crippen LogP contribution is -2.02. The van der Waals surface area contributed by atoms with Crippen molar-refractivity contribution < 1.29 is 9.21 Å². The molecule has 0 N–H and O–H groups in total. The normalized spacial score (nSPS) is 12.8. The Morgan fingerprint density at radius 1 is 0.895 bits per heavy atom. The molecule has 5 aromatic rings.